The second-order valence-corrected chi connectivity index (χ2v) is 13.5. The highest BCUT2D eigenvalue weighted by atomic mass is 32.2. The fourth-order valence-electron chi connectivity index (χ4n) is 4.48. The molecule has 0 unspecified atom stereocenters. The van der Waals surface area contributed by atoms with Crippen LogP contribution in [0, 0.1) is 0 Å². The van der Waals surface area contributed by atoms with E-state index in [0.717, 1.165) is 12.0 Å². The van der Waals surface area contributed by atoms with Gasteiger partial charge in [0.1, 0.15) is 0 Å². The fraction of sp³-hybridized carbons (Fsp3) is 0.533. The second kappa shape index (κ2) is 26.3. The molecule has 28 heteroatoms. The van der Waals surface area contributed by atoms with Crippen molar-refractivity contribution in [1.82, 2.24) is 40.1 Å². The van der Waals surface area contributed by atoms with Crippen LogP contribution in [0.5, 0.6) is 0 Å². The molecule has 0 radical (unpaired) electrons. The molecule has 0 atom stereocenters. The Kier molecular flexibility index (Phi) is 20.9. The van der Waals surface area contributed by atoms with Crippen LogP contribution in [0.25, 0.3) is 10.8 Å². The summed E-state index contributed by atoms with van der Waals surface area (Å²) < 4.78 is 57.6. The van der Waals surface area contributed by atoms with Gasteiger partial charge in [0.15, 0.2) is 11.6 Å². The minimum absolute atomic E-state index is 0.00710. The molecule has 0 spiro atoms. The number of aliphatic hydroxyl groups excluding tert-OH is 2. The zero-order valence-electron chi connectivity index (χ0n) is 31.1. The molecule has 1 aromatic carbocycles. The highest BCUT2D eigenvalue weighted by Gasteiger charge is 2.16. The van der Waals surface area contributed by atoms with E-state index in [9.17, 15) is 13.0 Å². The Morgan fingerprint density at radius 2 is 0.983 bits per heavy atom. The Labute approximate surface area is 336 Å². The summed E-state index contributed by atoms with van der Waals surface area (Å²) >= 11 is 0.859. The average Bonchev–Trinajstić information content (AvgIpc) is 3.20. The highest BCUT2D eigenvalue weighted by molar-refractivity contribution is 7.94. The molecule has 320 valence electrons. The van der Waals surface area contributed by atoms with Crippen molar-refractivity contribution in [2.24, 2.45) is 0 Å². The number of aromatic nitrogens is 8. The smallest absolute Gasteiger partial charge is 0.266 e. The van der Waals surface area contributed by atoms with Crippen LogP contribution in [0.1, 0.15) is 0 Å². The van der Waals surface area contributed by atoms with E-state index in [2.05, 4.69) is 81.4 Å². The van der Waals surface area contributed by atoms with Gasteiger partial charge in [-0.2, -0.15) is 38.3 Å². The topological polar surface area (TPSA) is 346 Å². The molecule has 0 saturated carbocycles. The van der Waals surface area contributed by atoms with Gasteiger partial charge in [0, 0.05) is 54.7 Å². The predicted octanol–water partition coefficient (Wildman–Crippen LogP) is 0.143. The third-order valence-electron chi connectivity index (χ3n) is 6.88. The lowest BCUT2D eigenvalue weighted by molar-refractivity contribution is -0.432. The fourth-order valence-corrected chi connectivity index (χ4v) is 5.13. The molecule has 10 N–H and O–H groups in total. The molecule has 3 heterocycles. The number of anilines is 8. The van der Waals surface area contributed by atoms with Gasteiger partial charge in [-0.3, -0.25) is 4.55 Å². The maximum atomic E-state index is 11.3. The number of benzene rings is 1. The first kappa shape index (κ1) is 46.0. The van der Waals surface area contributed by atoms with Crippen molar-refractivity contribution in [2.75, 3.05) is 136 Å². The number of fused-ring (bicyclic) bond motifs is 1. The van der Waals surface area contributed by atoms with E-state index in [1.807, 2.05) is 0 Å². The van der Waals surface area contributed by atoms with Crippen LogP contribution in [0.3, 0.4) is 0 Å². The van der Waals surface area contributed by atoms with Gasteiger partial charge < -0.3 is 61.1 Å². The van der Waals surface area contributed by atoms with Crippen molar-refractivity contribution in [2.45, 2.75) is 0 Å². The Morgan fingerprint density at radius 3 is 1.41 bits per heavy atom. The van der Waals surface area contributed by atoms with E-state index >= 15 is 0 Å². The molecule has 0 aliphatic heterocycles. The van der Waals surface area contributed by atoms with Crippen LogP contribution >= 0.6 is 12.0 Å². The van der Waals surface area contributed by atoms with E-state index in [0.29, 0.717) is 75.0 Å². The number of nitrogens with one attached hydrogen (secondary N) is 6. The molecule has 0 aliphatic rings. The van der Waals surface area contributed by atoms with Gasteiger partial charge in [-0.05, 0) is 0 Å². The van der Waals surface area contributed by atoms with Crippen LogP contribution in [-0.4, -0.2) is 172 Å². The summed E-state index contributed by atoms with van der Waals surface area (Å²) in [7, 11) is -4.25. The number of hydrogen-bond acceptors (Lipinski definition) is 26. The normalized spacial score (nSPS) is 11.4. The lowest BCUT2D eigenvalue weighted by Gasteiger charge is -2.14. The Balaban J connectivity index is 1.50. The number of aliphatic hydroxyl groups is 2. The van der Waals surface area contributed by atoms with E-state index < -0.39 is 15.9 Å². The number of rotatable bonds is 32. The minimum Gasteiger partial charge on any atom is -0.394 e. The Morgan fingerprint density at radius 1 is 0.569 bits per heavy atom. The summed E-state index contributed by atoms with van der Waals surface area (Å²) in [6.07, 6.45) is 0. The van der Waals surface area contributed by atoms with Crippen LogP contribution in [0.15, 0.2) is 24.3 Å². The molecule has 0 fully saturated rings. The summed E-state index contributed by atoms with van der Waals surface area (Å²) in [5.41, 5.74) is 0. The van der Waals surface area contributed by atoms with Crippen LogP contribution in [0.4, 0.5) is 47.3 Å². The third-order valence-corrected chi connectivity index (χ3v) is 8.13. The first-order valence-electron chi connectivity index (χ1n) is 17.6. The van der Waals surface area contributed by atoms with E-state index in [1.165, 1.54) is 0 Å². The molecule has 3 aromatic heterocycles. The molecule has 0 aliphatic carbocycles. The van der Waals surface area contributed by atoms with Crippen LogP contribution in [-0.2, 0) is 38.4 Å². The first-order valence-corrected chi connectivity index (χ1v) is 20.1. The third kappa shape index (κ3) is 17.8. The molecule has 4 rings (SSSR count). The van der Waals surface area contributed by atoms with Crippen molar-refractivity contribution in [3.05, 3.63) is 24.3 Å². The standard InChI is InChI=1S/C30H46N14O12S2/c45-9-13-53-17-15-51-11-5-31-25-37-27(33-7-19-57-56-55-47)41-29(39-25)35-23-21-3-1-2-4-22(21)24(44-43-23)36-30-40-26(32-6-12-52-16-18-54-14-10-46)38-28(42-30)34-8-20-58(48,49)50/h1-4,45-47H,5-20H2,(H,48,49,50)(H3,31,33,35,37,39,41,43)(H3,32,34,36,38,40,42,44). The maximum Gasteiger partial charge on any atom is 0.266 e. The zero-order valence-corrected chi connectivity index (χ0v) is 32.7. The molecule has 26 nitrogen and oxygen atoms in total. The molecule has 58 heavy (non-hydrogen) atoms. The molecule has 0 saturated heterocycles. The van der Waals surface area contributed by atoms with Crippen LogP contribution < -0.4 is 31.9 Å². The van der Waals surface area contributed by atoms with Gasteiger partial charge in [-0.1, -0.05) is 29.3 Å². The zero-order chi connectivity index (χ0) is 41.3. The molecular formula is C30H46N14O12S2. The summed E-state index contributed by atoms with van der Waals surface area (Å²) in [5.74, 6) is 1.06. The molecule has 4 aromatic rings. The number of hydrogen-bond donors (Lipinski definition) is 10. The highest BCUT2D eigenvalue weighted by Crippen LogP contribution is 2.29. The first-order chi connectivity index (χ1) is 28.3. The Hall–Kier alpha value is -4.72. The summed E-state index contributed by atoms with van der Waals surface area (Å²) in [5, 5.41) is 57.6. The number of nitrogens with zero attached hydrogens (tertiary/aromatic N) is 8. The Bertz CT molecular complexity index is 1910. The van der Waals surface area contributed by atoms with E-state index in [1.54, 1.807) is 24.3 Å². The van der Waals surface area contributed by atoms with Crippen LogP contribution in [0.2, 0.25) is 0 Å². The molecule has 0 amide bonds. The van der Waals surface area contributed by atoms with Gasteiger partial charge >= 0.3 is 0 Å². The summed E-state index contributed by atoms with van der Waals surface area (Å²) in [6.45, 7) is 3.00. The average molecular weight is 859 g/mol. The van der Waals surface area contributed by atoms with E-state index in [4.69, 9.17) is 34.4 Å². The van der Waals surface area contributed by atoms with Gasteiger partial charge in [0.25, 0.3) is 10.1 Å². The minimum atomic E-state index is -4.25. The van der Waals surface area contributed by atoms with Gasteiger partial charge in [-0.15, -0.1) is 14.5 Å². The predicted molar refractivity (Wildman–Crippen MR) is 211 cm³/mol. The van der Waals surface area contributed by atoms with Gasteiger partial charge in [0.2, 0.25) is 35.7 Å². The van der Waals surface area contributed by atoms with Crippen molar-refractivity contribution in [1.29, 1.82) is 0 Å². The maximum absolute atomic E-state index is 11.3. The quantitative estimate of drug-likeness (QED) is 0.0103. The molecular weight excluding hydrogens is 813 g/mol. The van der Waals surface area contributed by atoms with Gasteiger partial charge in [0.05, 0.1) is 71.8 Å². The second-order valence-electron chi connectivity index (χ2n) is 11.2. The van der Waals surface area contributed by atoms with Crippen molar-refractivity contribution in [3.63, 3.8) is 0 Å². The van der Waals surface area contributed by atoms with E-state index in [-0.39, 0.29) is 81.1 Å². The lowest BCUT2D eigenvalue weighted by atomic mass is 10.1. The van der Waals surface area contributed by atoms with Crippen molar-refractivity contribution >= 4 is 80.3 Å². The van der Waals surface area contributed by atoms with Crippen molar-refractivity contribution in [3.8, 4) is 0 Å². The number of ether oxygens (including phenoxy) is 4. The summed E-state index contributed by atoms with van der Waals surface area (Å²) in [6, 6.07) is 7.20. The van der Waals surface area contributed by atoms with Gasteiger partial charge in [-0.25, -0.2) is 5.26 Å². The monoisotopic (exact) mass is 858 g/mol. The largest absolute Gasteiger partial charge is 0.394 e. The lowest BCUT2D eigenvalue weighted by Crippen LogP contribution is -2.19. The molecule has 0 bridgehead atoms. The SMILES string of the molecule is O=S(=O)(O)CCNc1nc(NCCOCCOCCO)nc(Nc2nnc(Nc3nc(NCCOCCOCCO)nc(NCCSOOO)n3)c3ccccc23)n1. The summed E-state index contributed by atoms with van der Waals surface area (Å²) in [4.78, 5) is 26.4. The van der Waals surface area contributed by atoms with Crippen molar-refractivity contribution < 1.29 is 56.8 Å².